The molecule has 0 saturated heterocycles. The van der Waals surface area contributed by atoms with Crippen LogP contribution in [0.4, 0.5) is 4.39 Å². The van der Waals surface area contributed by atoms with Crippen molar-refractivity contribution in [2.75, 3.05) is 0 Å². The van der Waals surface area contributed by atoms with Crippen LogP contribution in [-0.4, -0.2) is 9.55 Å². The number of nitrogens with zero attached hydrogens (tertiary/aromatic N) is 2. The molecule has 0 saturated carbocycles. The minimum atomic E-state index is -0.305. The van der Waals surface area contributed by atoms with E-state index in [1.165, 1.54) is 6.07 Å². The summed E-state index contributed by atoms with van der Waals surface area (Å²) in [4.78, 5) is 4.47. The fourth-order valence-corrected chi connectivity index (χ4v) is 3.02. The van der Waals surface area contributed by atoms with Crippen molar-refractivity contribution in [1.82, 2.24) is 9.55 Å². The number of aromatic nitrogens is 2. The number of hydrogen-bond acceptors (Lipinski definition) is 1. The van der Waals surface area contributed by atoms with E-state index < -0.39 is 0 Å². The van der Waals surface area contributed by atoms with Gasteiger partial charge in [0.2, 0.25) is 0 Å². The Bertz CT molecular complexity index is 800. The van der Waals surface area contributed by atoms with Crippen LogP contribution in [0.5, 0.6) is 0 Å². The Morgan fingerprint density at radius 2 is 1.86 bits per heavy atom. The first-order valence-electron chi connectivity index (χ1n) is 6.23. The van der Waals surface area contributed by atoms with Gasteiger partial charge in [-0.25, -0.2) is 9.37 Å². The van der Waals surface area contributed by atoms with Crippen LogP contribution in [0.3, 0.4) is 0 Å². The molecule has 0 aliphatic heterocycles. The minimum absolute atomic E-state index is 0.282. The van der Waals surface area contributed by atoms with Gasteiger partial charge >= 0.3 is 0 Å². The van der Waals surface area contributed by atoms with Crippen LogP contribution in [0, 0.1) is 5.82 Å². The van der Waals surface area contributed by atoms with Crippen molar-refractivity contribution in [3.63, 3.8) is 0 Å². The maximum Gasteiger partial charge on any atom is 0.139 e. The molecule has 1 heterocycles. The van der Waals surface area contributed by atoms with Crippen molar-refractivity contribution in [2.24, 2.45) is 0 Å². The van der Waals surface area contributed by atoms with E-state index in [0.717, 1.165) is 26.9 Å². The molecular formula is C15H10Br2ClFN2. The molecule has 21 heavy (non-hydrogen) atoms. The highest BCUT2D eigenvalue weighted by Gasteiger charge is 2.13. The predicted octanol–water partition coefficient (Wildman–Crippen LogP) is 5.49. The number of rotatable bonds is 3. The van der Waals surface area contributed by atoms with Crippen molar-refractivity contribution >= 4 is 54.5 Å². The second kappa shape index (κ2) is 6.07. The van der Waals surface area contributed by atoms with E-state index in [9.17, 15) is 4.39 Å². The zero-order valence-corrected chi connectivity index (χ0v) is 14.7. The molecule has 0 atom stereocenters. The molecule has 0 fully saturated rings. The lowest BCUT2D eigenvalue weighted by molar-refractivity contribution is 0.621. The van der Waals surface area contributed by atoms with Crippen molar-refractivity contribution < 1.29 is 4.39 Å². The molecule has 0 unspecified atom stereocenters. The van der Waals surface area contributed by atoms with E-state index in [1.807, 2.05) is 28.8 Å². The van der Waals surface area contributed by atoms with Gasteiger partial charge in [-0.3, -0.25) is 0 Å². The third kappa shape index (κ3) is 3.00. The summed E-state index contributed by atoms with van der Waals surface area (Å²) in [6, 6.07) is 11.2. The van der Waals surface area contributed by atoms with Crippen LogP contribution in [-0.2, 0) is 12.4 Å². The van der Waals surface area contributed by atoms with Crippen molar-refractivity contribution in [1.29, 1.82) is 0 Å². The van der Waals surface area contributed by atoms with Crippen LogP contribution in [0.1, 0.15) is 11.4 Å². The summed E-state index contributed by atoms with van der Waals surface area (Å²) < 4.78 is 17.2. The highest BCUT2D eigenvalue weighted by molar-refractivity contribution is 9.10. The zero-order valence-electron chi connectivity index (χ0n) is 10.8. The zero-order chi connectivity index (χ0) is 15.0. The topological polar surface area (TPSA) is 17.8 Å². The van der Waals surface area contributed by atoms with Gasteiger partial charge in [0.1, 0.15) is 11.6 Å². The van der Waals surface area contributed by atoms with E-state index in [-0.39, 0.29) is 11.7 Å². The van der Waals surface area contributed by atoms with E-state index in [0.29, 0.717) is 11.0 Å². The van der Waals surface area contributed by atoms with Crippen LogP contribution >= 0.6 is 43.5 Å². The minimum Gasteiger partial charge on any atom is -0.322 e. The lowest BCUT2D eigenvalue weighted by Crippen LogP contribution is -2.03. The molecule has 2 nitrogen and oxygen atoms in total. The normalized spacial score (nSPS) is 11.2. The standard InChI is InChI=1S/C15H10Br2ClFN2/c16-10-3-1-9(2-4-10)8-21-14-6-12(19)11(17)5-13(14)20-15(21)7-18/h1-6H,7-8H2. The fraction of sp³-hybridized carbons (Fsp3) is 0.133. The molecule has 2 aromatic carbocycles. The van der Waals surface area contributed by atoms with Crippen molar-refractivity contribution in [3.05, 3.63) is 62.5 Å². The molecule has 6 heteroatoms. The van der Waals surface area contributed by atoms with Gasteiger partial charge in [0.15, 0.2) is 0 Å². The van der Waals surface area contributed by atoms with Gasteiger partial charge in [-0.15, -0.1) is 11.6 Å². The molecule has 0 bridgehead atoms. The first-order chi connectivity index (χ1) is 10.1. The van der Waals surface area contributed by atoms with Gasteiger partial charge in [0.05, 0.1) is 21.4 Å². The summed E-state index contributed by atoms with van der Waals surface area (Å²) in [6.07, 6.45) is 0. The average Bonchev–Trinajstić information content (AvgIpc) is 2.79. The van der Waals surface area contributed by atoms with Crippen LogP contribution in [0.15, 0.2) is 45.3 Å². The Morgan fingerprint density at radius 1 is 1.14 bits per heavy atom. The fourth-order valence-electron chi connectivity index (χ4n) is 2.22. The van der Waals surface area contributed by atoms with Gasteiger partial charge in [0.25, 0.3) is 0 Å². The third-order valence-electron chi connectivity index (χ3n) is 3.24. The lowest BCUT2D eigenvalue weighted by Gasteiger charge is -2.08. The molecule has 1 aromatic heterocycles. The number of alkyl halides is 1. The highest BCUT2D eigenvalue weighted by Crippen LogP contribution is 2.25. The Balaban J connectivity index is 2.11. The third-order valence-corrected chi connectivity index (χ3v) is 4.62. The molecule has 3 rings (SSSR count). The Morgan fingerprint density at radius 3 is 2.52 bits per heavy atom. The van der Waals surface area contributed by atoms with E-state index in [4.69, 9.17) is 11.6 Å². The number of imidazole rings is 1. The summed E-state index contributed by atoms with van der Waals surface area (Å²) in [7, 11) is 0. The van der Waals surface area contributed by atoms with Gasteiger partial charge in [-0.05, 0) is 39.7 Å². The largest absolute Gasteiger partial charge is 0.322 e. The SMILES string of the molecule is Fc1cc2c(cc1Br)nc(CCl)n2Cc1ccc(Br)cc1. The van der Waals surface area contributed by atoms with Gasteiger partial charge in [-0.1, -0.05) is 28.1 Å². The molecule has 0 aliphatic carbocycles. The molecule has 0 radical (unpaired) electrons. The van der Waals surface area contributed by atoms with Crippen LogP contribution in [0.25, 0.3) is 11.0 Å². The van der Waals surface area contributed by atoms with Crippen molar-refractivity contribution in [3.8, 4) is 0 Å². The summed E-state index contributed by atoms with van der Waals surface area (Å²) >= 11 is 12.6. The molecule has 0 N–H and O–H groups in total. The van der Waals surface area contributed by atoms with Gasteiger partial charge in [-0.2, -0.15) is 0 Å². The predicted molar refractivity (Wildman–Crippen MR) is 90.2 cm³/mol. The maximum absolute atomic E-state index is 13.8. The van der Waals surface area contributed by atoms with Crippen LogP contribution in [0.2, 0.25) is 0 Å². The monoisotopic (exact) mass is 430 g/mol. The molecule has 108 valence electrons. The Hall–Kier alpha value is -0.910. The van der Waals surface area contributed by atoms with E-state index in [2.05, 4.69) is 36.8 Å². The number of benzene rings is 2. The van der Waals surface area contributed by atoms with Gasteiger partial charge in [0, 0.05) is 17.1 Å². The van der Waals surface area contributed by atoms with Crippen molar-refractivity contribution in [2.45, 2.75) is 12.4 Å². The summed E-state index contributed by atoms with van der Waals surface area (Å²) in [5, 5.41) is 0. The Labute approximate surface area is 143 Å². The number of fused-ring (bicyclic) bond motifs is 1. The average molecular weight is 433 g/mol. The molecule has 0 aliphatic rings. The summed E-state index contributed by atoms with van der Waals surface area (Å²) in [5.74, 6) is 0.706. The molecule has 0 amide bonds. The quantitative estimate of drug-likeness (QED) is 0.501. The first kappa shape index (κ1) is 15.0. The number of hydrogen-bond donors (Lipinski definition) is 0. The highest BCUT2D eigenvalue weighted by atomic mass is 79.9. The maximum atomic E-state index is 13.8. The second-order valence-corrected chi connectivity index (χ2v) is 6.67. The second-order valence-electron chi connectivity index (χ2n) is 4.63. The Kier molecular flexibility index (Phi) is 4.33. The first-order valence-corrected chi connectivity index (χ1v) is 8.35. The smallest absolute Gasteiger partial charge is 0.139 e. The summed E-state index contributed by atoms with van der Waals surface area (Å²) in [6.45, 7) is 0.604. The number of halogens is 4. The molecular weight excluding hydrogens is 422 g/mol. The van der Waals surface area contributed by atoms with E-state index >= 15 is 0 Å². The molecule has 3 aromatic rings. The molecule has 0 spiro atoms. The summed E-state index contributed by atoms with van der Waals surface area (Å²) in [5.41, 5.74) is 2.58. The lowest BCUT2D eigenvalue weighted by atomic mass is 10.2. The van der Waals surface area contributed by atoms with E-state index in [1.54, 1.807) is 6.07 Å². The van der Waals surface area contributed by atoms with Gasteiger partial charge < -0.3 is 4.57 Å². The van der Waals surface area contributed by atoms with Crippen LogP contribution < -0.4 is 0 Å².